The van der Waals surface area contributed by atoms with Gasteiger partial charge in [-0.05, 0) is 47.2 Å². The topological polar surface area (TPSA) is 65.9 Å². The Balaban J connectivity index is 2.73. The van der Waals surface area contributed by atoms with Crippen molar-refractivity contribution in [3.8, 4) is 22.9 Å². The zero-order valence-electron chi connectivity index (χ0n) is 10.5. The summed E-state index contributed by atoms with van der Waals surface area (Å²) in [5.41, 5.74) is 2.05. The lowest BCUT2D eigenvalue weighted by Gasteiger charge is -2.10. The van der Waals surface area contributed by atoms with E-state index in [4.69, 9.17) is 4.74 Å². The summed E-state index contributed by atoms with van der Waals surface area (Å²) in [6, 6.07) is 9.28. The van der Waals surface area contributed by atoms with Crippen molar-refractivity contribution in [2.24, 2.45) is 0 Å². The lowest BCUT2D eigenvalue weighted by molar-refractivity contribution is 0.415. The molecule has 0 spiro atoms. The molecule has 4 nitrogen and oxygen atoms in total. The number of nitriles is 1. The first-order chi connectivity index (χ1) is 9.08. The van der Waals surface area contributed by atoms with Crippen molar-refractivity contribution >= 4 is 22.6 Å². The number of ether oxygens (including phenoxy) is 1. The molecule has 0 aliphatic carbocycles. The van der Waals surface area contributed by atoms with E-state index in [1.807, 2.05) is 37.3 Å². The van der Waals surface area contributed by atoms with Gasteiger partial charge in [-0.15, -0.1) is 0 Å². The quantitative estimate of drug-likeness (QED) is 0.832. The Morgan fingerprint density at radius 2 is 1.95 bits per heavy atom. The molecule has 0 amide bonds. The van der Waals surface area contributed by atoms with E-state index in [2.05, 4.69) is 27.6 Å². The van der Waals surface area contributed by atoms with E-state index in [0.717, 1.165) is 20.6 Å². The summed E-state index contributed by atoms with van der Waals surface area (Å²) in [4.78, 5) is 14.5. The molecule has 0 saturated heterocycles. The van der Waals surface area contributed by atoms with Crippen LogP contribution in [0.4, 0.5) is 0 Å². The second kappa shape index (κ2) is 5.45. The summed E-state index contributed by atoms with van der Waals surface area (Å²) < 4.78 is 5.98. The maximum absolute atomic E-state index is 11.8. The van der Waals surface area contributed by atoms with E-state index in [9.17, 15) is 10.1 Å². The normalized spacial score (nSPS) is 10.0. The zero-order valence-corrected chi connectivity index (χ0v) is 12.6. The van der Waals surface area contributed by atoms with Crippen LogP contribution in [0, 0.1) is 21.8 Å². The molecule has 0 aliphatic heterocycles. The molecule has 2 rings (SSSR count). The zero-order chi connectivity index (χ0) is 14.0. The van der Waals surface area contributed by atoms with Crippen molar-refractivity contribution in [2.75, 3.05) is 7.11 Å². The molecule has 19 heavy (non-hydrogen) atoms. The number of hydrogen-bond donors (Lipinski definition) is 1. The average Bonchev–Trinajstić information content (AvgIpc) is 2.42. The van der Waals surface area contributed by atoms with Crippen LogP contribution in [0.25, 0.3) is 11.1 Å². The highest BCUT2D eigenvalue weighted by Gasteiger charge is 2.15. The Hall–Kier alpha value is -1.81. The first-order valence-corrected chi connectivity index (χ1v) is 6.63. The van der Waals surface area contributed by atoms with Crippen molar-refractivity contribution in [1.82, 2.24) is 4.98 Å². The summed E-state index contributed by atoms with van der Waals surface area (Å²) >= 11 is 2.14. The van der Waals surface area contributed by atoms with E-state index in [1.165, 1.54) is 0 Å². The van der Waals surface area contributed by atoms with Crippen LogP contribution in [0.5, 0.6) is 5.75 Å². The Morgan fingerprint density at radius 3 is 2.47 bits per heavy atom. The molecule has 96 valence electrons. The fourth-order valence-corrected chi connectivity index (χ4v) is 2.55. The number of hydrogen-bond acceptors (Lipinski definition) is 3. The van der Waals surface area contributed by atoms with Crippen LogP contribution in [-0.2, 0) is 0 Å². The maximum Gasteiger partial charge on any atom is 0.266 e. The molecule has 0 saturated carbocycles. The fraction of sp³-hybridized carbons (Fsp3) is 0.143. The number of pyridine rings is 1. The number of aromatic nitrogens is 1. The molecular weight excluding hydrogens is 355 g/mol. The molecule has 1 heterocycles. The van der Waals surface area contributed by atoms with Gasteiger partial charge in [0.05, 0.1) is 7.11 Å². The second-order valence-electron chi connectivity index (χ2n) is 3.98. The number of halogens is 1. The summed E-state index contributed by atoms with van der Waals surface area (Å²) in [6.07, 6.45) is 0. The minimum absolute atomic E-state index is 0.139. The highest BCUT2D eigenvalue weighted by Crippen LogP contribution is 2.29. The molecule has 0 fully saturated rings. The number of aryl methyl sites for hydroxylation is 1. The van der Waals surface area contributed by atoms with Crippen molar-refractivity contribution in [1.29, 1.82) is 5.26 Å². The van der Waals surface area contributed by atoms with E-state index >= 15 is 0 Å². The molecule has 0 aliphatic rings. The predicted molar refractivity (Wildman–Crippen MR) is 81.2 cm³/mol. The Kier molecular flexibility index (Phi) is 3.90. The van der Waals surface area contributed by atoms with Gasteiger partial charge < -0.3 is 9.72 Å². The van der Waals surface area contributed by atoms with Gasteiger partial charge in [0.1, 0.15) is 17.4 Å². The molecular formula is C14H11IN2O2. The van der Waals surface area contributed by atoms with E-state index in [1.54, 1.807) is 7.11 Å². The molecule has 1 aromatic heterocycles. The minimum Gasteiger partial charge on any atom is -0.497 e. The van der Waals surface area contributed by atoms with Crippen molar-refractivity contribution in [2.45, 2.75) is 6.92 Å². The van der Waals surface area contributed by atoms with Crippen LogP contribution in [0.15, 0.2) is 29.1 Å². The largest absolute Gasteiger partial charge is 0.497 e. The third-order valence-electron chi connectivity index (χ3n) is 2.82. The van der Waals surface area contributed by atoms with Crippen LogP contribution >= 0.6 is 22.6 Å². The van der Waals surface area contributed by atoms with Crippen molar-refractivity contribution in [3.63, 3.8) is 0 Å². The van der Waals surface area contributed by atoms with Gasteiger partial charge in [-0.3, -0.25) is 4.79 Å². The van der Waals surface area contributed by atoms with Crippen molar-refractivity contribution in [3.05, 3.63) is 49.4 Å². The van der Waals surface area contributed by atoms with Gasteiger partial charge >= 0.3 is 0 Å². The summed E-state index contributed by atoms with van der Waals surface area (Å²) in [7, 11) is 1.59. The number of nitrogens with one attached hydrogen (secondary N) is 1. The van der Waals surface area contributed by atoms with Gasteiger partial charge in [0.15, 0.2) is 0 Å². The Morgan fingerprint density at radius 1 is 1.32 bits per heavy atom. The third kappa shape index (κ3) is 2.49. The smallest absolute Gasteiger partial charge is 0.266 e. The Labute approximate surface area is 124 Å². The first-order valence-electron chi connectivity index (χ1n) is 5.55. The average molecular weight is 366 g/mol. The molecule has 1 aromatic carbocycles. The van der Waals surface area contributed by atoms with Gasteiger partial charge in [-0.1, -0.05) is 12.1 Å². The van der Waals surface area contributed by atoms with Gasteiger partial charge in [0, 0.05) is 14.8 Å². The highest BCUT2D eigenvalue weighted by atomic mass is 127. The number of nitrogens with zero attached hydrogens (tertiary/aromatic N) is 1. The van der Waals surface area contributed by atoms with Crippen LogP contribution < -0.4 is 10.3 Å². The van der Waals surface area contributed by atoms with Gasteiger partial charge in [-0.2, -0.15) is 5.26 Å². The molecule has 0 bridgehead atoms. The lowest BCUT2D eigenvalue weighted by Crippen LogP contribution is -2.15. The van der Waals surface area contributed by atoms with Gasteiger partial charge in [0.25, 0.3) is 5.56 Å². The second-order valence-corrected chi connectivity index (χ2v) is 5.06. The number of methoxy groups -OCH3 is 1. The minimum atomic E-state index is -0.355. The fourth-order valence-electron chi connectivity index (χ4n) is 1.83. The Bertz CT molecular complexity index is 712. The molecule has 2 aromatic rings. The summed E-state index contributed by atoms with van der Waals surface area (Å²) in [5.74, 6) is 0.735. The number of benzene rings is 1. The third-order valence-corrected chi connectivity index (χ3v) is 4.17. The number of aromatic amines is 1. The van der Waals surface area contributed by atoms with Crippen molar-refractivity contribution < 1.29 is 4.74 Å². The predicted octanol–water partition coefficient (Wildman–Crippen LogP) is 2.84. The van der Waals surface area contributed by atoms with Gasteiger partial charge in [-0.25, -0.2) is 0 Å². The summed E-state index contributed by atoms with van der Waals surface area (Å²) in [6.45, 7) is 1.82. The maximum atomic E-state index is 11.8. The number of H-pyrrole nitrogens is 1. The molecule has 1 N–H and O–H groups in total. The lowest BCUT2D eigenvalue weighted by atomic mass is 10.0. The SMILES string of the molecule is COc1ccc(-c2c(I)c(C)[nH]c(=O)c2C#N)cc1. The molecule has 0 unspecified atom stereocenters. The number of rotatable bonds is 2. The van der Waals surface area contributed by atoms with Crippen LogP contribution in [0.3, 0.4) is 0 Å². The van der Waals surface area contributed by atoms with Crippen LogP contribution in [0.1, 0.15) is 11.3 Å². The standard InChI is InChI=1S/C14H11IN2O2/c1-8-13(15)12(11(7-16)14(18)17-8)9-3-5-10(19-2)6-4-9/h3-6H,1-2H3,(H,17,18). The highest BCUT2D eigenvalue weighted by molar-refractivity contribution is 14.1. The summed E-state index contributed by atoms with van der Waals surface area (Å²) in [5, 5.41) is 9.18. The van der Waals surface area contributed by atoms with Gasteiger partial charge in [0.2, 0.25) is 0 Å². The van der Waals surface area contributed by atoms with Crippen LogP contribution in [-0.4, -0.2) is 12.1 Å². The van der Waals surface area contributed by atoms with E-state index in [0.29, 0.717) is 5.56 Å². The van der Waals surface area contributed by atoms with E-state index < -0.39 is 0 Å². The first kappa shape index (κ1) is 13.6. The molecule has 5 heteroatoms. The van der Waals surface area contributed by atoms with Crippen LogP contribution in [0.2, 0.25) is 0 Å². The van der Waals surface area contributed by atoms with E-state index in [-0.39, 0.29) is 11.1 Å². The molecule has 0 radical (unpaired) electrons. The monoisotopic (exact) mass is 366 g/mol. The molecule has 0 atom stereocenters.